The van der Waals surface area contributed by atoms with Gasteiger partial charge in [0.1, 0.15) is 17.1 Å². The van der Waals surface area contributed by atoms with Gasteiger partial charge in [-0.25, -0.2) is 4.79 Å². The summed E-state index contributed by atoms with van der Waals surface area (Å²) in [6, 6.07) is 12.5. The summed E-state index contributed by atoms with van der Waals surface area (Å²) >= 11 is 0. The normalized spacial score (nSPS) is 10.5. The fraction of sp³-hybridized carbons (Fsp3) is 0.222. The number of para-hydroxylation sites is 1. The molecule has 0 aromatic heterocycles. The Balaban J connectivity index is 2.07. The van der Waals surface area contributed by atoms with E-state index in [0.717, 1.165) is 6.07 Å². The van der Waals surface area contributed by atoms with E-state index in [1.54, 1.807) is 12.1 Å². The molecule has 2 rings (SSSR count). The van der Waals surface area contributed by atoms with E-state index in [1.807, 2.05) is 32.0 Å². The summed E-state index contributed by atoms with van der Waals surface area (Å²) < 4.78 is 4.99. The van der Waals surface area contributed by atoms with Crippen LogP contribution in [0.5, 0.6) is 11.5 Å². The zero-order valence-corrected chi connectivity index (χ0v) is 13.5. The quantitative estimate of drug-likeness (QED) is 0.824. The van der Waals surface area contributed by atoms with Crippen LogP contribution in [-0.2, 0) is 9.53 Å². The maximum Gasteiger partial charge on any atom is 0.342 e. The zero-order chi connectivity index (χ0) is 17.7. The summed E-state index contributed by atoms with van der Waals surface area (Å²) in [7, 11) is 0. The number of hydrogen-bond acceptors (Lipinski definition) is 5. The minimum absolute atomic E-state index is 0.110. The summed E-state index contributed by atoms with van der Waals surface area (Å²) in [5.74, 6) is -1.79. The lowest BCUT2D eigenvalue weighted by molar-refractivity contribution is -0.122. The minimum Gasteiger partial charge on any atom is -0.508 e. The molecule has 0 fully saturated rings. The lowest BCUT2D eigenvalue weighted by Crippen LogP contribution is -2.39. The molecule has 24 heavy (non-hydrogen) atoms. The van der Waals surface area contributed by atoms with Crippen LogP contribution < -0.4 is 4.90 Å². The van der Waals surface area contributed by atoms with Gasteiger partial charge in [-0.1, -0.05) is 18.2 Å². The van der Waals surface area contributed by atoms with Crippen LogP contribution in [0.1, 0.15) is 24.2 Å². The van der Waals surface area contributed by atoms with Crippen LogP contribution in [0.4, 0.5) is 5.69 Å². The van der Waals surface area contributed by atoms with Crippen LogP contribution in [0, 0.1) is 0 Å². The Morgan fingerprint density at radius 3 is 2.33 bits per heavy atom. The fourth-order valence-corrected chi connectivity index (χ4v) is 2.29. The van der Waals surface area contributed by atoms with E-state index in [2.05, 4.69) is 0 Å². The number of phenols is 2. The van der Waals surface area contributed by atoms with Crippen molar-refractivity contribution in [3.8, 4) is 11.5 Å². The van der Waals surface area contributed by atoms with Crippen molar-refractivity contribution >= 4 is 17.6 Å². The van der Waals surface area contributed by atoms with Crippen molar-refractivity contribution in [3.05, 3.63) is 54.1 Å². The number of aromatic hydroxyl groups is 2. The average Bonchev–Trinajstić information content (AvgIpc) is 2.53. The zero-order valence-electron chi connectivity index (χ0n) is 13.5. The number of nitrogens with zero attached hydrogens (tertiary/aromatic N) is 1. The van der Waals surface area contributed by atoms with Gasteiger partial charge >= 0.3 is 5.97 Å². The molecule has 0 saturated carbocycles. The molecule has 0 aliphatic carbocycles. The number of carbonyl (C=O) groups excluding carboxylic acids is 2. The Labute approximate surface area is 139 Å². The monoisotopic (exact) mass is 329 g/mol. The average molecular weight is 329 g/mol. The van der Waals surface area contributed by atoms with Crippen molar-refractivity contribution in [3.63, 3.8) is 0 Å². The molecule has 126 valence electrons. The molecule has 0 aliphatic rings. The molecule has 6 heteroatoms. The van der Waals surface area contributed by atoms with E-state index in [0.29, 0.717) is 5.69 Å². The summed E-state index contributed by atoms with van der Waals surface area (Å²) in [6.45, 7) is 3.27. The molecule has 0 radical (unpaired) electrons. The Kier molecular flexibility index (Phi) is 5.42. The van der Waals surface area contributed by atoms with E-state index in [1.165, 1.54) is 17.0 Å². The van der Waals surface area contributed by atoms with Crippen molar-refractivity contribution in [1.82, 2.24) is 0 Å². The molecule has 0 atom stereocenters. The van der Waals surface area contributed by atoms with Crippen molar-refractivity contribution in [2.75, 3.05) is 11.5 Å². The van der Waals surface area contributed by atoms with E-state index >= 15 is 0 Å². The number of phenolic OH excluding ortho intramolecular Hbond substituents is 2. The van der Waals surface area contributed by atoms with E-state index in [9.17, 15) is 19.8 Å². The van der Waals surface area contributed by atoms with Gasteiger partial charge in [-0.05, 0) is 38.1 Å². The Bertz CT molecular complexity index is 727. The molecule has 0 spiro atoms. The number of anilines is 1. The van der Waals surface area contributed by atoms with Gasteiger partial charge in [0.25, 0.3) is 5.91 Å². The second-order valence-electron chi connectivity index (χ2n) is 5.47. The first-order chi connectivity index (χ1) is 11.4. The van der Waals surface area contributed by atoms with Crippen molar-refractivity contribution in [2.45, 2.75) is 19.9 Å². The molecule has 0 saturated heterocycles. The fourth-order valence-electron chi connectivity index (χ4n) is 2.29. The van der Waals surface area contributed by atoms with Crippen LogP contribution in [0.3, 0.4) is 0 Å². The maximum atomic E-state index is 12.4. The first-order valence-electron chi connectivity index (χ1n) is 7.46. The van der Waals surface area contributed by atoms with Gasteiger partial charge in [-0.3, -0.25) is 4.79 Å². The summed E-state index contributed by atoms with van der Waals surface area (Å²) in [6.07, 6.45) is 0. The lowest BCUT2D eigenvalue weighted by atomic mass is 10.2. The van der Waals surface area contributed by atoms with Crippen LogP contribution in [0.25, 0.3) is 0 Å². The van der Waals surface area contributed by atoms with Gasteiger partial charge in [0.05, 0.1) is 0 Å². The van der Waals surface area contributed by atoms with Gasteiger partial charge in [-0.2, -0.15) is 0 Å². The molecular weight excluding hydrogens is 310 g/mol. The topological polar surface area (TPSA) is 87.1 Å². The summed E-state index contributed by atoms with van der Waals surface area (Å²) in [5.41, 5.74) is 0.595. The smallest absolute Gasteiger partial charge is 0.342 e. The van der Waals surface area contributed by atoms with Gasteiger partial charge in [0, 0.05) is 17.8 Å². The van der Waals surface area contributed by atoms with E-state index in [4.69, 9.17) is 4.74 Å². The Morgan fingerprint density at radius 1 is 1.08 bits per heavy atom. The summed E-state index contributed by atoms with van der Waals surface area (Å²) in [4.78, 5) is 25.9. The molecule has 2 aromatic carbocycles. The molecule has 0 aliphatic heterocycles. The maximum absolute atomic E-state index is 12.4. The van der Waals surface area contributed by atoms with Crippen LogP contribution in [0.2, 0.25) is 0 Å². The number of hydrogen-bond donors (Lipinski definition) is 2. The highest BCUT2D eigenvalue weighted by atomic mass is 16.5. The molecule has 0 unspecified atom stereocenters. The molecule has 2 aromatic rings. The van der Waals surface area contributed by atoms with Crippen molar-refractivity contribution in [1.29, 1.82) is 0 Å². The lowest BCUT2D eigenvalue weighted by Gasteiger charge is -2.26. The predicted molar refractivity (Wildman–Crippen MR) is 89.1 cm³/mol. The highest BCUT2D eigenvalue weighted by Crippen LogP contribution is 2.23. The number of carbonyl (C=O) groups is 2. The highest BCUT2D eigenvalue weighted by Gasteiger charge is 2.21. The van der Waals surface area contributed by atoms with Gasteiger partial charge < -0.3 is 19.8 Å². The molecule has 0 heterocycles. The standard InChI is InChI=1S/C18H19NO5/c1-12(2)19(13-6-4-3-5-7-13)17(22)11-24-18(23)15-9-8-14(20)10-16(15)21/h3-10,12,20-21H,11H2,1-2H3. The third-order valence-electron chi connectivity index (χ3n) is 3.35. The largest absolute Gasteiger partial charge is 0.508 e. The SMILES string of the molecule is CC(C)N(C(=O)COC(=O)c1ccc(O)cc1O)c1ccccc1. The third-order valence-corrected chi connectivity index (χ3v) is 3.35. The second kappa shape index (κ2) is 7.50. The molecule has 0 bridgehead atoms. The van der Waals surface area contributed by atoms with E-state index in [-0.39, 0.29) is 23.3 Å². The Morgan fingerprint density at radius 2 is 1.75 bits per heavy atom. The first-order valence-corrected chi connectivity index (χ1v) is 7.46. The minimum atomic E-state index is -0.836. The molecule has 1 amide bonds. The molecular formula is C18H19NO5. The van der Waals surface area contributed by atoms with Crippen molar-refractivity contribution in [2.24, 2.45) is 0 Å². The first kappa shape index (κ1) is 17.3. The van der Waals surface area contributed by atoms with Crippen LogP contribution >= 0.6 is 0 Å². The second-order valence-corrected chi connectivity index (χ2v) is 5.47. The number of rotatable bonds is 5. The summed E-state index contributed by atoms with van der Waals surface area (Å²) in [5, 5.41) is 18.9. The Hall–Kier alpha value is -3.02. The number of esters is 1. The molecule has 6 nitrogen and oxygen atoms in total. The third kappa shape index (κ3) is 4.04. The highest BCUT2D eigenvalue weighted by molar-refractivity contribution is 5.98. The van der Waals surface area contributed by atoms with E-state index < -0.39 is 18.3 Å². The molecule has 2 N–H and O–H groups in total. The van der Waals surface area contributed by atoms with Gasteiger partial charge in [0.15, 0.2) is 6.61 Å². The van der Waals surface area contributed by atoms with Crippen molar-refractivity contribution < 1.29 is 24.5 Å². The number of benzene rings is 2. The number of amides is 1. The van der Waals surface area contributed by atoms with Gasteiger partial charge in [-0.15, -0.1) is 0 Å². The predicted octanol–water partition coefficient (Wildman–Crippen LogP) is 2.70. The van der Waals surface area contributed by atoms with Crippen LogP contribution in [0.15, 0.2) is 48.5 Å². The van der Waals surface area contributed by atoms with Crippen LogP contribution in [-0.4, -0.2) is 34.7 Å². The van der Waals surface area contributed by atoms with Gasteiger partial charge in [0.2, 0.25) is 0 Å². The number of ether oxygens (including phenoxy) is 1.